The Morgan fingerprint density at radius 3 is 2.70 bits per heavy atom. The molecule has 1 aromatic carbocycles. The fraction of sp³-hybridized carbons (Fsp3) is 0.0714. The summed E-state index contributed by atoms with van der Waals surface area (Å²) in [5, 5.41) is 0. The molecule has 0 spiro atoms. The number of carbonyl (C=O) groups excluding carboxylic acids is 2. The third kappa shape index (κ3) is 1.85. The molecule has 4 nitrogen and oxygen atoms in total. The topological polar surface area (TPSA) is 50.3 Å². The third-order valence-corrected chi connectivity index (χ3v) is 3.05. The van der Waals surface area contributed by atoms with Crippen molar-refractivity contribution in [1.29, 1.82) is 0 Å². The second-order valence-corrected chi connectivity index (χ2v) is 4.37. The zero-order valence-corrected chi connectivity index (χ0v) is 10.1. The van der Waals surface area contributed by atoms with Crippen LogP contribution in [0.3, 0.4) is 0 Å². The molecule has 0 radical (unpaired) electrons. The number of pyridine rings is 1. The minimum Gasteiger partial charge on any atom is -0.297 e. The van der Waals surface area contributed by atoms with Crippen LogP contribution in [0.25, 0.3) is 0 Å². The monoisotopic (exact) mass is 274 g/mol. The van der Waals surface area contributed by atoms with E-state index in [4.69, 9.17) is 0 Å². The molecule has 0 atom stereocenters. The summed E-state index contributed by atoms with van der Waals surface area (Å²) in [6.07, 6.45) is 3.07. The van der Waals surface area contributed by atoms with Crippen molar-refractivity contribution in [3.63, 3.8) is 0 Å². The summed E-state index contributed by atoms with van der Waals surface area (Å²) >= 11 is 0. The molecule has 1 aliphatic rings. The number of carbonyl (C=O) groups is 2. The Morgan fingerprint density at radius 2 is 2.00 bits per heavy atom. The number of nitrogens with zero attached hydrogens (tertiary/aromatic N) is 2. The fourth-order valence-corrected chi connectivity index (χ4v) is 2.18. The first-order chi connectivity index (χ1) is 9.58. The third-order valence-electron chi connectivity index (χ3n) is 3.05. The van der Waals surface area contributed by atoms with E-state index in [1.807, 2.05) is 0 Å². The molecule has 2 aromatic rings. The van der Waals surface area contributed by atoms with Gasteiger partial charge in [-0.05, 0) is 17.7 Å². The Balaban J connectivity index is 2.07. The zero-order chi connectivity index (χ0) is 14.3. The van der Waals surface area contributed by atoms with Gasteiger partial charge in [-0.2, -0.15) is 0 Å². The van der Waals surface area contributed by atoms with Gasteiger partial charge in [-0.25, -0.2) is 8.78 Å². The molecule has 0 bridgehead atoms. The Labute approximate surface area is 112 Å². The molecule has 0 saturated heterocycles. The Morgan fingerprint density at radius 1 is 1.20 bits per heavy atom. The maximum absolute atomic E-state index is 13.8. The van der Waals surface area contributed by atoms with E-state index >= 15 is 0 Å². The number of hydrogen-bond acceptors (Lipinski definition) is 3. The summed E-state index contributed by atoms with van der Waals surface area (Å²) in [6, 6.07) is 4.90. The summed E-state index contributed by atoms with van der Waals surface area (Å²) in [5.41, 5.74) is 0.229. The van der Waals surface area contributed by atoms with Crippen LogP contribution in [0, 0.1) is 11.6 Å². The van der Waals surface area contributed by atoms with Crippen molar-refractivity contribution in [3.05, 3.63) is 59.4 Å². The van der Waals surface area contributed by atoms with Gasteiger partial charge in [0.1, 0.15) is 5.82 Å². The first-order valence-electron chi connectivity index (χ1n) is 5.82. The summed E-state index contributed by atoms with van der Waals surface area (Å²) in [6.45, 7) is 0.00790. The van der Waals surface area contributed by atoms with Crippen molar-refractivity contribution in [2.24, 2.45) is 0 Å². The molecule has 0 unspecified atom stereocenters. The molecule has 6 heteroatoms. The summed E-state index contributed by atoms with van der Waals surface area (Å²) in [4.78, 5) is 28.5. The second kappa shape index (κ2) is 4.48. The predicted molar refractivity (Wildman–Crippen MR) is 66.1 cm³/mol. The molecule has 3 rings (SSSR count). The van der Waals surface area contributed by atoms with Crippen LogP contribution in [0.4, 0.5) is 14.5 Å². The van der Waals surface area contributed by atoms with E-state index in [0.717, 1.165) is 11.0 Å². The molecule has 100 valence electrons. The smallest absolute Gasteiger partial charge is 0.297 e. The first-order valence-corrected chi connectivity index (χ1v) is 5.82. The van der Waals surface area contributed by atoms with Crippen LogP contribution < -0.4 is 4.90 Å². The van der Waals surface area contributed by atoms with Crippen LogP contribution in [0.1, 0.15) is 15.9 Å². The van der Waals surface area contributed by atoms with Gasteiger partial charge in [0.25, 0.3) is 11.7 Å². The number of anilines is 1. The van der Waals surface area contributed by atoms with Gasteiger partial charge in [-0.15, -0.1) is 0 Å². The molecule has 0 aliphatic carbocycles. The van der Waals surface area contributed by atoms with Crippen LogP contribution in [0.5, 0.6) is 0 Å². The Hall–Kier alpha value is -2.63. The SMILES string of the molecule is O=C1C(=O)N(Cc2cccnc2)c2c(F)cc(F)cc21. The van der Waals surface area contributed by atoms with Gasteiger partial charge in [0.15, 0.2) is 5.82 Å². The van der Waals surface area contributed by atoms with Gasteiger partial charge in [-0.3, -0.25) is 19.5 Å². The molecule has 1 aromatic heterocycles. The van der Waals surface area contributed by atoms with Crippen LogP contribution in [0.15, 0.2) is 36.7 Å². The van der Waals surface area contributed by atoms with E-state index in [-0.39, 0.29) is 17.8 Å². The number of rotatable bonds is 2. The highest BCUT2D eigenvalue weighted by Crippen LogP contribution is 2.33. The van der Waals surface area contributed by atoms with Crippen LogP contribution in [-0.2, 0) is 11.3 Å². The lowest BCUT2D eigenvalue weighted by atomic mass is 10.1. The Bertz CT molecular complexity index is 717. The molecule has 0 N–H and O–H groups in total. The first kappa shape index (κ1) is 12.4. The number of Topliss-reactive ketones (excluding diaryl/α,β-unsaturated/α-hetero) is 1. The average molecular weight is 274 g/mol. The largest absolute Gasteiger partial charge is 0.299 e. The summed E-state index contributed by atoms with van der Waals surface area (Å²) in [5.74, 6) is -3.58. The highest BCUT2D eigenvalue weighted by atomic mass is 19.1. The molecule has 1 aliphatic heterocycles. The normalized spacial score (nSPS) is 13.8. The summed E-state index contributed by atoms with van der Waals surface area (Å²) in [7, 11) is 0. The van der Waals surface area contributed by atoms with Crippen molar-refractivity contribution in [2.75, 3.05) is 4.90 Å². The van der Waals surface area contributed by atoms with E-state index < -0.39 is 23.3 Å². The predicted octanol–water partition coefficient (Wildman–Crippen LogP) is 2.09. The zero-order valence-electron chi connectivity index (χ0n) is 10.1. The van der Waals surface area contributed by atoms with Crippen LogP contribution >= 0.6 is 0 Å². The lowest BCUT2D eigenvalue weighted by molar-refractivity contribution is -0.114. The lowest BCUT2D eigenvalue weighted by Crippen LogP contribution is -2.29. The minimum atomic E-state index is -0.928. The lowest BCUT2D eigenvalue weighted by Gasteiger charge is -2.16. The van der Waals surface area contributed by atoms with E-state index in [9.17, 15) is 18.4 Å². The van der Waals surface area contributed by atoms with E-state index in [0.29, 0.717) is 11.6 Å². The van der Waals surface area contributed by atoms with Crippen molar-refractivity contribution in [1.82, 2.24) is 4.98 Å². The van der Waals surface area contributed by atoms with Gasteiger partial charge < -0.3 is 0 Å². The molecule has 1 amide bonds. The van der Waals surface area contributed by atoms with E-state index in [1.54, 1.807) is 18.3 Å². The minimum absolute atomic E-state index is 0.00790. The number of amides is 1. The molecular weight excluding hydrogens is 266 g/mol. The van der Waals surface area contributed by atoms with Gasteiger partial charge in [-0.1, -0.05) is 6.07 Å². The average Bonchev–Trinajstić information content (AvgIpc) is 2.65. The van der Waals surface area contributed by atoms with Crippen molar-refractivity contribution in [2.45, 2.75) is 6.54 Å². The maximum Gasteiger partial charge on any atom is 0.299 e. The number of aromatic nitrogens is 1. The number of ketones is 1. The van der Waals surface area contributed by atoms with Crippen molar-refractivity contribution >= 4 is 17.4 Å². The highest BCUT2D eigenvalue weighted by molar-refractivity contribution is 6.52. The summed E-state index contributed by atoms with van der Waals surface area (Å²) < 4.78 is 27.0. The quantitative estimate of drug-likeness (QED) is 0.788. The van der Waals surface area contributed by atoms with Crippen molar-refractivity contribution in [3.8, 4) is 0 Å². The fourth-order valence-electron chi connectivity index (χ4n) is 2.18. The van der Waals surface area contributed by atoms with E-state index in [1.165, 1.54) is 6.20 Å². The molecule has 0 fully saturated rings. The highest BCUT2D eigenvalue weighted by Gasteiger charge is 2.38. The van der Waals surface area contributed by atoms with E-state index in [2.05, 4.69) is 4.98 Å². The molecule has 0 saturated carbocycles. The van der Waals surface area contributed by atoms with Gasteiger partial charge in [0.2, 0.25) is 0 Å². The van der Waals surface area contributed by atoms with Crippen molar-refractivity contribution < 1.29 is 18.4 Å². The molecule has 20 heavy (non-hydrogen) atoms. The van der Waals surface area contributed by atoms with Gasteiger partial charge >= 0.3 is 0 Å². The molecular formula is C14H8F2N2O2. The maximum atomic E-state index is 13.8. The van der Waals surface area contributed by atoms with Crippen LogP contribution in [0.2, 0.25) is 0 Å². The molecule has 2 heterocycles. The number of benzene rings is 1. The number of fused-ring (bicyclic) bond motifs is 1. The Kier molecular flexibility index (Phi) is 2.78. The number of halogens is 2. The number of hydrogen-bond donors (Lipinski definition) is 0. The standard InChI is InChI=1S/C14H8F2N2O2/c15-9-4-10-12(11(16)5-9)18(14(20)13(10)19)7-8-2-1-3-17-6-8/h1-6H,7H2. The van der Waals surface area contributed by atoms with Gasteiger partial charge in [0, 0.05) is 18.5 Å². The van der Waals surface area contributed by atoms with Gasteiger partial charge in [0.05, 0.1) is 17.8 Å². The second-order valence-electron chi connectivity index (χ2n) is 4.37. The van der Waals surface area contributed by atoms with Crippen LogP contribution in [-0.4, -0.2) is 16.7 Å².